The van der Waals surface area contributed by atoms with E-state index in [0.29, 0.717) is 23.2 Å². The van der Waals surface area contributed by atoms with Gasteiger partial charge in [0.15, 0.2) is 0 Å². The fourth-order valence-electron chi connectivity index (χ4n) is 2.16. The molecule has 0 aliphatic rings. The fourth-order valence-corrected chi connectivity index (χ4v) is 2.16. The molecule has 0 saturated heterocycles. The van der Waals surface area contributed by atoms with E-state index in [2.05, 4.69) is 5.32 Å². The van der Waals surface area contributed by atoms with Crippen LogP contribution in [0.2, 0.25) is 0 Å². The van der Waals surface area contributed by atoms with Gasteiger partial charge in [0.1, 0.15) is 0 Å². The number of carbonyl (C=O) groups is 1. The molecule has 0 heterocycles. The van der Waals surface area contributed by atoms with Crippen LogP contribution in [-0.4, -0.2) is 22.7 Å². The summed E-state index contributed by atoms with van der Waals surface area (Å²) >= 11 is 0. The molecule has 2 rings (SSSR count). The molecule has 110 valence electrons. The van der Waals surface area contributed by atoms with Crippen molar-refractivity contribution in [3.63, 3.8) is 0 Å². The SMILES string of the molecule is O=C(NCCc1ccccc1)c1ccc(CO)cc1CO. The summed E-state index contributed by atoms with van der Waals surface area (Å²) in [5, 5.41) is 21.2. The van der Waals surface area contributed by atoms with Crippen LogP contribution in [0.15, 0.2) is 48.5 Å². The molecule has 0 bridgehead atoms. The Balaban J connectivity index is 1.97. The molecule has 0 aliphatic heterocycles. The van der Waals surface area contributed by atoms with Crippen LogP contribution in [0.4, 0.5) is 0 Å². The third kappa shape index (κ3) is 4.15. The van der Waals surface area contributed by atoms with E-state index in [1.807, 2.05) is 30.3 Å². The first-order chi connectivity index (χ1) is 10.2. The van der Waals surface area contributed by atoms with Crippen molar-refractivity contribution in [3.05, 3.63) is 70.8 Å². The summed E-state index contributed by atoms with van der Waals surface area (Å²) in [6.07, 6.45) is 0.760. The quantitative estimate of drug-likeness (QED) is 0.756. The predicted molar refractivity (Wildman–Crippen MR) is 80.8 cm³/mol. The lowest BCUT2D eigenvalue weighted by molar-refractivity contribution is 0.0951. The topological polar surface area (TPSA) is 69.6 Å². The number of hydrogen-bond donors (Lipinski definition) is 3. The zero-order valence-corrected chi connectivity index (χ0v) is 11.7. The van der Waals surface area contributed by atoms with Gasteiger partial charge in [-0.15, -0.1) is 0 Å². The molecule has 2 aromatic rings. The van der Waals surface area contributed by atoms with E-state index in [9.17, 15) is 9.90 Å². The standard InChI is InChI=1S/C17H19NO3/c19-11-14-6-7-16(15(10-14)12-20)17(21)18-9-8-13-4-2-1-3-5-13/h1-7,10,19-20H,8-9,11-12H2,(H,18,21). The number of aliphatic hydroxyl groups excluding tert-OH is 2. The lowest BCUT2D eigenvalue weighted by Crippen LogP contribution is -2.26. The number of nitrogens with one attached hydrogen (secondary N) is 1. The summed E-state index contributed by atoms with van der Waals surface area (Å²) in [6, 6.07) is 14.9. The summed E-state index contributed by atoms with van der Waals surface area (Å²) in [7, 11) is 0. The predicted octanol–water partition coefficient (Wildman–Crippen LogP) is 1.64. The van der Waals surface area contributed by atoms with Gasteiger partial charge in [-0.05, 0) is 29.2 Å². The molecule has 4 nitrogen and oxygen atoms in total. The lowest BCUT2D eigenvalue weighted by atomic mass is 10.0. The van der Waals surface area contributed by atoms with Crippen LogP contribution in [0.25, 0.3) is 0 Å². The minimum Gasteiger partial charge on any atom is -0.392 e. The van der Waals surface area contributed by atoms with Crippen molar-refractivity contribution < 1.29 is 15.0 Å². The summed E-state index contributed by atoms with van der Waals surface area (Å²) in [5.41, 5.74) is 2.82. The second-order valence-corrected chi connectivity index (χ2v) is 4.80. The van der Waals surface area contributed by atoms with Crippen molar-refractivity contribution >= 4 is 5.91 Å². The molecule has 3 N–H and O–H groups in total. The number of amides is 1. The molecule has 0 aliphatic carbocycles. The molecule has 0 fully saturated rings. The number of carbonyl (C=O) groups excluding carboxylic acids is 1. The van der Waals surface area contributed by atoms with Gasteiger partial charge in [0.05, 0.1) is 13.2 Å². The maximum atomic E-state index is 12.1. The van der Waals surface area contributed by atoms with E-state index < -0.39 is 0 Å². The van der Waals surface area contributed by atoms with Gasteiger partial charge in [0.25, 0.3) is 5.91 Å². The maximum Gasteiger partial charge on any atom is 0.251 e. The Hall–Kier alpha value is -2.17. The van der Waals surface area contributed by atoms with Crippen LogP contribution >= 0.6 is 0 Å². The van der Waals surface area contributed by atoms with Gasteiger partial charge < -0.3 is 15.5 Å². The molecule has 4 heteroatoms. The normalized spacial score (nSPS) is 10.4. The minimum absolute atomic E-state index is 0.108. The van der Waals surface area contributed by atoms with E-state index in [1.165, 1.54) is 0 Å². The van der Waals surface area contributed by atoms with Crippen molar-refractivity contribution in [2.45, 2.75) is 19.6 Å². The first kappa shape index (κ1) is 15.2. The molecular weight excluding hydrogens is 266 g/mol. The third-order valence-electron chi connectivity index (χ3n) is 3.31. The van der Waals surface area contributed by atoms with Crippen LogP contribution in [-0.2, 0) is 19.6 Å². The zero-order valence-electron chi connectivity index (χ0n) is 11.7. The van der Waals surface area contributed by atoms with E-state index in [-0.39, 0.29) is 19.1 Å². The van der Waals surface area contributed by atoms with E-state index in [0.717, 1.165) is 12.0 Å². The average Bonchev–Trinajstić information content (AvgIpc) is 2.55. The first-order valence-electron chi connectivity index (χ1n) is 6.90. The second kappa shape index (κ2) is 7.57. The van der Waals surface area contributed by atoms with Crippen LogP contribution in [0.5, 0.6) is 0 Å². The number of benzene rings is 2. The van der Waals surface area contributed by atoms with E-state index in [4.69, 9.17) is 5.11 Å². The van der Waals surface area contributed by atoms with E-state index >= 15 is 0 Å². The Labute approximate surface area is 124 Å². The van der Waals surface area contributed by atoms with Gasteiger partial charge >= 0.3 is 0 Å². The molecule has 0 atom stereocenters. The van der Waals surface area contributed by atoms with Gasteiger partial charge in [-0.2, -0.15) is 0 Å². The van der Waals surface area contributed by atoms with Crippen LogP contribution < -0.4 is 5.32 Å². The summed E-state index contributed by atoms with van der Waals surface area (Å²) in [5.74, 6) is -0.209. The van der Waals surface area contributed by atoms with Gasteiger partial charge in [-0.1, -0.05) is 42.5 Å². The summed E-state index contributed by atoms with van der Waals surface area (Å²) < 4.78 is 0. The highest BCUT2D eigenvalue weighted by Gasteiger charge is 2.11. The van der Waals surface area contributed by atoms with Gasteiger partial charge in [-0.25, -0.2) is 0 Å². The average molecular weight is 285 g/mol. The highest BCUT2D eigenvalue weighted by Crippen LogP contribution is 2.12. The first-order valence-corrected chi connectivity index (χ1v) is 6.90. The van der Waals surface area contributed by atoms with Gasteiger partial charge in [0, 0.05) is 12.1 Å². The van der Waals surface area contributed by atoms with Crippen LogP contribution in [0.1, 0.15) is 27.0 Å². The highest BCUT2D eigenvalue weighted by molar-refractivity contribution is 5.95. The van der Waals surface area contributed by atoms with Gasteiger partial charge in [-0.3, -0.25) is 4.79 Å². The molecule has 0 aromatic heterocycles. The zero-order chi connectivity index (χ0) is 15.1. The van der Waals surface area contributed by atoms with Crippen molar-refractivity contribution in [3.8, 4) is 0 Å². The summed E-state index contributed by atoms with van der Waals surface area (Å²) in [6.45, 7) is 0.202. The molecule has 0 radical (unpaired) electrons. The lowest BCUT2D eigenvalue weighted by Gasteiger charge is -2.10. The van der Waals surface area contributed by atoms with Crippen molar-refractivity contribution in [2.24, 2.45) is 0 Å². The van der Waals surface area contributed by atoms with Crippen LogP contribution in [0.3, 0.4) is 0 Å². The molecule has 21 heavy (non-hydrogen) atoms. The second-order valence-electron chi connectivity index (χ2n) is 4.80. The molecule has 0 saturated carbocycles. The Bertz CT molecular complexity index is 596. The molecule has 0 spiro atoms. The van der Waals surface area contributed by atoms with Crippen LogP contribution in [0, 0.1) is 0 Å². The van der Waals surface area contributed by atoms with Crippen molar-refractivity contribution in [1.29, 1.82) is 0 Å². The molecular formula is C17H19NO3. The molecule has 2 aromatic carbocycles. The number of hydrogen-bond acceptors (Lipinski definition) is 3. The smallest absolute Gasteiger partial charge is 0.251 e. The Morgan fingerprint density at radius 2 is 1.71 bits per heavy atom. The highest BCUT2D eigenvalue weighted by atomic mass is 16.3. The third-order valence-corrected chi connectivity index (χ3v) is 3.31. The van der Waals surface area contributed by atoms with Crippen molar-refractivity contribution in [2.75, 3.05) is 6.54 Å². The molecule has 1 amide bonds. The Morgan fingerprint density at radius 1 is 0.952 bits per heavy atom. The summed E-state index contributed by atoms with van der Waals surface area (Å²) in [4.78, 5) is 12.1. The monoisotopic (exact) mass is 285 g/mol. The Morgan fingerprint density at radius 3 is 2.38 bits per heavy atom. The fraction of sp³-hybridized carbons (Fsp3) is 0.235. The number of aliphatic hydroxyl groups is 2. The van der Waals surface area contributed by atoms with E-state index in [1.54, 1.807) is 18.2 Å². The Kier molecular flexibility index (Phi) is 5.49. The minimum atomic E-state index is -0.227. The van der Waals surface area contributed by atoms with Gasteiger partial charge in [0.2, 0.25) is 0 Å². The molecule has 0 unspecified atom stereocenters. The van der Waals surface area contributed by atoms with Crippen molar-refractivity contribution in [1.82, 2.24) is 5.32 Å². The largest absolute Gasteiger partial charge is 0.392 e. The maximum absolute atomic E-state index is 12.1. The number of rotatable bonds is 6.